The van der Waals surface area contributed by atoms with Crippen LogP contribution in [0.15, 0.2) is 34.4 Å². The number of aliphatic hydroxyl groups is 1. The summed E-state index contributed by atoms with van der Waals surface area (Å²) in [4.78, 5) is 23.4. The van der Waals surface area contributed by atoms with Crippen molar-refractivity contribution in [3.8, 4) is 0 Å². The number of rotatable bonds is 7. The van der Waals surface area contributed by atoms with E-state index in [2.05, 4.69) is 4.72 Å². The molecule has 10 heteroatoms. The molecule has 0 aliphatic heterocycles. The van der Waals surface area contributed by atoms with Crippen LogP contribution >= 0.6 is 11.6 Å². The third-order valence-electron chi connectivity index (χ3n) is 3.25. The Morgan fingerprint density at radius 2 is 1.82 bits per heavy atom. The molecule has 0 aliphatic carbocycles. The number of halogens is 1. The molecular weight excluding hydrogens is 408 g/mol. The number of nitrogens with one attached hydrogen (secondary N) is 2. The highest BCUT2D eigenvalue weighted by atomic mass is 35.5. The first-order valence-corrected chi connectivity index (χ1v) is 10.0. The number of hydrogen-bond acceptors (Lipinski definition) is 7. The maximum Gasteiger partial charge on any atom is 0.338 e. The molecule has 0 heterocycles. The molecular formula is C18H23ClN2O6S. The summed E-state index contributed by atoms with van der Waals surface area (Å²) in [5.41, 5.74) is -1.29. The molecule has 0 bridgehead atoms. The van der Waals surface area contributed by atoms with Crippen molar-refractivity contribution in [1.29, 1.82) is 5.41 Å². The molecule has 0 fully saturated rings. The minimum atomic E-state index is -3.99. The van der Waals surface area contributed by atoms with Gasteiger partial charge in [-0.15, -0.1) is 0 Å². The highest BCUT2D eigenvalue weighted by Crippen LogP contribution is 2.24. The molecule has 1 aromatic carbocycles. The maximum absolute atomic E-state index is 12.5. The normalized spacial score (nSPS) is 12.9. The van der Waals surface area contributed by atoms with Gasteiger partial charge >= 0.3 is 5.97 Å². The standard InChI is InChI=1S/C18H23ClN2O6S/c1-10(20)16(11(2)22)14(23)9-27-17(24)12-6-7-13(19)15(8-12)28(25,26)21-18(3,4)5/h6-8,20-21,23H,9H2,1-5H3/b16-14-,20-10?. The van der Waals surface area contributed by atoms with E-state index in [9.17, 15) is 23.1 Å². The number of esters is 1. The van der Waals surface area contributed by atoms with E-state index in [1.54, 1.807) is 20.8 Å². The van der Waals surface area contributed by atoms with Crippen LogP contribution in [0.1, 0.15) is 45.0 Å². The lowest BCUT2D eigenvalue weighted by molar-refractivity contribution is -0.113. The first-order valence-electron chi connectivity index (χ1n) is 8.15. The Labute approximate surface area is 169 Å². The van der Waals surface area contributed by atoms with Crippen molar-refractivity contribution >= 4 is 39.1 Å². The molecule has 0 amide bonds. The van der Waals surface area contributed by atoms with Crippen molar-refractivity contribution in [3.63, 3.8) is 0 Å². The average molecular weight is 431 g/mol. The molecule has 0 spiro atoms. The summed E-state index contributed by atoms with van der Waals surface area (Å²) in [7, 11) is -3.99. The third kappa shape index (κ3) is 6.43. The minimum absolute atomic E-state index is 0.0747. The molecule has 0 aromatic heterocycles. The maximum atomic E-state index is 12.5. The molecule has 154 valence electrons. The molecule has 1 rings (SSSR count). The van der Waals surface area contributed by atoms with E-state index in [1.807, 2.05) is 0 Å². The zero-order chi connectivity index (χ0) is 21.9. The summed E-state index contributed by atoms with van der Waals surface area (Å²) in [5, 5.41) is 17.3. The molecule has 0 unspecified atom stereocenters. The highest BCUT2D eigenvalue weighted by Gasteiger charge is 2.26. The lowest BCUT2D eigenvalue weighted by atomic mass is 10.1. The Morgan fingerprint density at radius 3 is 2.29 bits per heavy atom. The van der Waals surface area contributed by atoms with E-state index in [1.165, 1.54) is 26.0 Å². The van der Waals surface area contributed by atoms with Gasteiger partial charge in [-0.2, -0.15) is 0 Å². The number of ketones is 1. The van der Waals surface area contributed by atoms with E-state index in [0.717, 1.165) is 6.07 Å². The molecule has 0 aliphatic rings. The second-order valence-corrected chi connectivity index (χ2v) is 9.14. The van der Waals surface area contributed by atoms with Gasteiger partial charge in [0.25, 0.3) is 0 Å². The van der Waals surface area contributed by atoms with E-state index >= 15 is 0 Å². The zero-order valence-electron chi connectivity index (χ0n) is 16.2. The van der Waals surface area contributed by atoms with Crippen LogP contribution in [0.2, 0.25) is 5.02 Å². The number of Topliss-reactive ketones (excluding diaryl/α,β-unsaturated/α-hetero) is 1. The van der Waals surface area contributed by atoms with Crippen LogP contribution in [0.25, 0.3) is 0 Å². The first-order chi connectivity index (χ1) is 12.7. The van der Waals surface area contributed by atoms with Gasteiger partial charge in [0.2, 0.25) is 10.0 Å². The number of sulfonamides is 1. The molecule has 0 atom stereocenters. The van der Waals surface area contributed by atoms with Crippen molar-refractivity contribution < 1.29 is 27.9 Å². The van der Waals surface area contributed by atoms with Gasteiger partial charge in [-0.3, -0.25) is 4.79 Å². The van der Waals surface area contributed by atoms with E-state index in [-0.39, 0.29) is 26.8 Å². The van der Waals surface area contributed by atoms with Crippen LogP contribution in [0.3, 0.4) is 0 Å². The van der Waals surface area contributed by atoms with Gasteiger partial charge in [0.15, 0.2) is 5.78 Å². The molecule has 0 saturated carbocycles. The van der Waals surface area contributed by atoms with E-state index < -0.39 is 39.7 Å². The summed E-state index contributed by atoms with van der Waals surface area (Å²) in [6.45, 7) is 6.81. The number of carbonyl (C=O) groups excluding carboxylic acids is 2. The largest absolute Gasteiger partial charge is 0.508 e. The lowest BCUT2D eigenvalue weighted by Crippen LogP contribution is -2.40. The molecule has 28 heavy (non-hydrogen) atoms. The number of allylic oxidation sites excluding steroid dienone is 1. The Kier molecular flexibility index (Phi) is 7.52. The smallest absolute Gasteiger partial charge is 0.338 e. The fraction of sp³-hybridized carbons (Fsp3) is 0.389. The molecule has 0 radical (unpaired) electrons. The molecule has 8 nitrogen and oxygen atoms in total. The average Bonchev–Trinajstić information content (AvgIpc) is 2.49. The number of ether oxygens (including phenoxy) is 1. The quantitative estimate of drug-likeness (QED) is 0.263. The predicted molar refractivity (Wildman–Crippen MR) is 106 cm³/mol. The van der Waals surface area contributed by atoms with E-state index in [0.29, 0.717) is 0 Å². The Balaban J connectivity index is 3.13. The van der Waals surface area contributed by atoms with Crippen LogP contribution in [0.4, 0.5) is 0 Å². The van der Waals surface area contributed by atoms with Gasteiger partial charge in [0.1, 0.15) is 17.3 Å². The van der Waals surface area contributed by atoms with Crippen LogP contribution in [-0.4, -0.2) is 43.1 Å². The monoisotopic (exact) mass is 430 g/mol. The summed E-state index contributed by atoms with van der Waals surface area (Å²) >= 11 is 5.97. The molecule has 3 N–H and O–H groups in total. The Morgan fingerprint density at radius 1 is 1.25 bits per heavy atom. The van der Waals surface area contributed by atoms with Crippen molar-refractivity contribution in [2.24, 2.45) is 0 Å². The van der Waals surface area contributed by atoms with Crippen LogP contribution in [0, 0.1) is 5.41 Å². The lowest BCUT2D eigenvalue weighted by Gasteiger charge is -2.21. The van der Waals surface area contributed by atoms with Crippen molar-refractivity contribution in [2.75, 3.05) is 6.61 Å². The zero-order valence-corrected chi connectivity index (χ0v) is 17.8. The fourth-order valence-electron chi connectivity index (χ4n) is 2.27. The Bertz CT molecular complexity index is 929. The van der Waals surface area contributed by atoms with Gasteiger partial charge < -0.3 is 15.3 Å². The van der Waals surface area contributed by atoms with E-state index in [4.69, 9.17) is 21.7 Å². The molecule has 0 saturated heterocycles. The van der Waals surface area contributed by atoms with Gasteiger partial charge in [0, 0.05) is 11.3 Å². The topological polar surface area (TPSA) is 134 Å². The predicted octanol–water partition coefficient (Wildman–Crippen LogP) is 3.01. The van der Waals surface area contributed by atoms with Gasteiger partial charge in [-0.05, 0) is 52.8 Å². The Hall–Kier alpha value is -2.23. The summed E-state index contributed by atoms with van der Waals surface area (Å²) in [6, 6.07) is 3.58. The fourth-order valence-corrected chi connectivity index (χ4v) is 4.21. The van der Waals surface area contributed by atoms with Crippen LogP contribution < -0.4 is 4.72 Å². The summed E-state index contributed by atoms with van der Waals surface area (Å²) in [6.07, 6.45) is 0. The number of hydrogen-bond donors (Lipinski definition) is 3. The highest BCUT2D eigenvalue weighted by molar-refractivity contribution is 7.89. The van der Waals surface area contributed by atoms with Gasteiger partial charge in [-0.1, -0.05) is 11.6 Å². The third-order valence-corrected chi connectivity index (χ3v) is 5.49. The van der Waals surface area contributed by atoms with Crippen LogP contribution in [-0.2, 0) is 19.6 Å². The van der Waals surface area contributed by atoms with Crippen molar-refractivity contribution in [2.45, 2.75) is 45.1 Å². The van der Waals surface area contributed by atoms with Crippen LogP contribution in [0.5, 0.6) is 0 Å². The van der Waals surface area contributed by atoms with Gasteiger partial charge in [-0.25, -0.2) is 17.9 Å². The summed E-state index contributed by atoms with van der Waals surface area (Å²) < 4.78 is 32.3. The number of aliphatic hydroxyl groups excluding tert-OH is 1. The van der Waals surface area contributed by atoms with Crippen molar-refractivity contribution in [1.82, 2.24) is 4.72 Å². The van der Waals surface area contributed by atoms with Gasteiger partial charge in [0.05, 0.1) is 16.2 Å². The minimum Gasteiger partial charge on any atom is -0.508 e. The first kappa shape index (κ1) is 23.8. The SMILES string of the molecule is CC(=N)/C(C(C)=O)=C(/O)COC(=O)c1ccc(Cl)c(S(=O)(=O)NC(C)(C)C)c1. The summed E-state index contributed by atoms with van der Waals surface area (Å²) in [5.74, 6) is -2.04. The number of carbonyl (C=O) groups is 2. The number of benzene rings is 1. The van der Waals surface area contributed by atoms with Crippen molar-refractivity contribution in [3.05, 3.63) is 40.1 Å². The molecule has 1 aromatic rings. The second-order valence-electron chi connectivity index (χ2n) is 7.08. The second kappa shape index (κ2) is 8.85.